The fourth-order valence-corrected chi connectivity index (χ4v) is 1.70. The number of primary amides is 1. The second-order valence-corrected chi connectivity index (χ2v) is 4.84. The van der Waals surface area contributed by atoms with Gasteiger partial charge in [0.15, 0.2) is 0 Å². The number of aryl methyl sites for hydroxylation is 1. The van der Waals surface area contributed by atoms with Gasteiger partial charge in [0.2, 0.25) is 5.91 Å². The highest BCUT2D eigenvalue weighted by molar-refractivity contribution is 5.86. The van der Waals surface area contributed by atoms with E-state index >= 15 is 0 Å². The summed E-state index contributed by atoms with van der Waals surface area (Å²) in [5.74, 6) is -0.491. The maximum atomic E-state index is 10.9. The average Bonchev–Trinajstić information content (AvgIpc) is 2.37. The highest BCUT2D eigenvalue weighted by Crippen LogP contribution is 2.09. The second kappa shape index (κ2) is 7.01. The van der Waals surface area contributed by atoms with Crippen molar-refractivity contribution in [3.05, 3.63) is 35.4 Å². The summed E-state index contributed by atoms with van der Waals surface area (Å²) in [5.41, 5.74) is 19.0. The van der Waals surface area contributed by atoms with Crippen molar-refractivity contribution in [2.75, 3.05) is 0 Å². The van der Waals surface area contributed by atoms with Crippen molar-refractivity contribution >= 4 is 11.6 Å². The molecule has 1 amide bonds. The highest BCUT2D eigenvalue weighted by atomic mass is 16.1. The molecule has 7 N–H and O–H groups in total. The largest absolute Gasteiger partial charge is 0.368 e. The number of nitrogens with one attached hydrogen (secondary N) is 1. The Balaban J connectivity index is 2.52. The molecule has 5 nitrogen and oxygen atoms in total. The van der Waals surface area contributed by atoms with Gasteiger partial charge >= 0.3 is 0 Å². The molecule has 0 aliphatic heterocycles. The number of nitrogens with two attached hydrogens (primary N) is 3. The minimum Gasteiger partial charge on any atom is -0.368 e. The molecule has 1 aromatic rings. The van der Waals surface area contributed by atoms with Crippen molar-refractivity contribution in [1.29, 1.82) is 5.41 Å². The van der Waals surface area contributed by atoms with E-state index in [2.05, 4.69) is 0 Å². The number of carbonyl (C=O) groups is 1. The number of rotatable bonds is 7. The molecule has 1 rings (SSSR count). The standard InChI is InChI=1S/C14H22N4O/c1-9(15)12(16)7-6-10-2-4-11(5-3-10)8-13(17)14(18)19/h2-5,9,13,16H,6-8,15,17H2,1H3,(H2,18,19). The van der Waals surface area contributed by atoms with Gasteiger partial charge in [-0.1, -0.05) is 24.3 Å². The first kappa shape index (κ1) is 15.3. The topological polar surface area (TPSA) is 119 Å². The molecular weight excluding hydrogens is 240 g/mol. The molecule has 0 radical (unpaired) electrons. The van der Waals surface area contributed by atoms with E-state index in [1.54, 1.807) is 0 Å². The van der Waals surface area contributed by atoms with Gasteiger partial charge in [0.05, 0.1) is 6.04 Å². The summed E-state index contributed by atoms with van der Waals surface area (Å²) in [6.45, 7) is 1.82. The Labute approximate surface area is 113 Å². The molecule has 1 aromatic carbocycles. The quantitative estimate of drug-likeness (QED) is 0.530. The van der Waals surface area contributed by atoms with E-state index in [9.17, 15) is 4.79 Å². The molecule has 2 atom stereocenters. The number of carbonyl (C=O) groups excluding carboxylic acids is 1. The van der Waals surface area contributed by atoms with E-state index in [4.69, 9.17) is 22.6 Å². The van der Waals surface area contributed by atoms with Gasteiger partial charge in [-0.2, -0.15) is 0 Å². The second-order valence-electron chi connectivity index (χ2n) is 4.84. The van der Waals surface area contributed by atoms with Crippen LogP contribution in [-0.2, 0) is 17.6 Å². The molecule has 0 aliphatic rings. The smallest absolute Gasteiger partial charge is 0.234 e. The lowest BCUT2D eigenvalue weighted by Crippen LogP contribution is -2.38. The Morgan fingerprint density at radius 1 is 1.21 bits per heavy atom. The van der Waals surface area contributed by atoms with Crippen molar-refractivity contribution in [2.45, 2.75) is 38.3 Å². The minimum atomic E-state index is -0.642. The van der Waals surface area contributed by atoms with Gasteiger partial charge < -0.3 is 22.6 Å². The number of benzene rings is 1. The Kier molecular flexibility index (Phi) is 5.66. The Morgan fingerprint density at radius 3 is 2.21 bits per heavy atom. The van der Waals surface area contributed by atoms with E-state index in [-0.39, 0.29) is 6.04 Å². The zero-order chi connectivity index (χ0) is 14.4. The predicted molar refractivity (Wildman–Crippen MR) is 77.0 cm³/mol. The summed E-state index contributed by atoms with van der Waals surface area (Å²) in [6.07, 6.45) is 1.91. The van der Waals surface area contributed by atoms with Gasteiger partial charge in [0.25, 0.3) is 0 Å². The number of amides is 1. The van der Waals surface area contributed by atoms with Gasteiger partial charge in [0.1, 0.15) is 0 Å². The first-order valence-corrected chi connectivity index (χ1v) is 6.35. The third kappa shape index (κ3) is 5.19. The van der Waals surface area contributed by atoms with Gasteiger partial charge in [-0.15, -0.1) is 0 Å². The summed E-state index contributed by atoms with van der Waals surface area (Å²) < 4.78 is 0. The molecule has 0 saturated carbocycles. The molecule has 0 heterocycles. The number of hydrogen-bond donors (Lipinski definition) is 4. The van der Waals surface area contributed by atoms with Crippen LogP contribution in [-0.4, -0.2) is 23.7 Å². The van der Waals surface area contributed by atoms with Crippen molar-refractivity contribution < 1.29 is 4.79 Å². The molecule has 5 heteroatoms. The van der Waals surface area contributed by atoms with E-state index in [1.807, 2.05) is 31.2 Å². The Morgan fingerprint density at radius 2 is 1.74 bits per heavy atom. The number of hydrogen-bond acceptors (Lipinski definition) is 4. The maximum Gasteiger partial charge on any atom is 0.234 e. The van der Waals surface area contributed by atoms with Crippen molar-refractivity contribution in [2.24, 2.45) is 17.2 Å². The Bertz CT molecular complexity index is 439. The first-order valence-electron chi connectivity index (χ1n) is 6.35. The van der Waals surface area contributed by atoms with Crippen molar-refractivity contribution in [3.63, 3.8) is 0 Å². The van der Waals surface area contributed by atoms with E-state index in [0.717, 1.165) is 17.5 Å². The van der Waals surface area contributed by atoms with E-state index in [0.29, 0.717) is 18.6 Å². The van der Waals surface area contributed by atoms with E-state index < -0.39 is 11.9 Å². The van der Waals surface area contributed by atoms with Gasteiger partial charge in [-0.05, 0) is 37.3 Å². The fourth-order valence-electron chi connectivity index (χ4n) is 1.70. The van der Waals surface area contributed by atoms with Crippen LogP contribution in [0.4, 0.5) is 0 Å². The normalized spacial score (nSPS) is 13.8. The minimum absolute atomic E-state index is 0.187. The van der Waals surface area contributed by atoms with Crippen LogP contribution in [0.5, 0.6) is 0 Å². The highest BCUT2D eigenvalue weighted by Gasteiger charge is 2.10. The SMILES string of the molecule is CC(N)C(=N)CCc1ccc(CC(N)C(N)=O)cc1. The lowest BCUT2D eigenvalue weighted by molar-refractivity contribution is -0.119. The van der Waals surface area contributed by atoms with Gasteiger partial charge in [-0.25, -0.2) is 0 Å². The van der Waals surface area contributed by atoms with Crippen LogP contribution >= 0.6 is 0 Å². The zero-order valence-corrected chi connectivity index (χ0v) is 11.2. The van der Waals surface area contributed by atoms with Crippen LogP contribution in [0, 0.1) is 5.41 Å². The van der Waals surface area contributed by atoms with Crippen LogP contribution in [0.1, 0.15) is 24.5 Å². The molecule has 0 spiro atoms. The lowest BCUT2D eigenvalue weighted by Gasteiger charge is -2.09. The Hall–Kier alpha value is -1.72. The van der Waals surface area contributed by atoms with Crippen LogP contribution in [0.3, 0.4) is 0 Å². The fraction of sp³-hybridized carbons (Fsp3) is 0.429. The molecule has 0 aliphatic carbocycles. The van der Waals surface area contributed by atoms with Gasteiger partial charge in [0, 0.05) is 11.8 Å². The molecule has 0 fully saturated rings. The molecular formula is C14H22N4O. The summed E-state index contributed by atoms with van der Waals surface area (Å²) in [6, 6.07) is 7.01. The van der Waals surface area contributed by atoms with Gasteiger partial charge in [-0.3, -0.25) is 4.79 Å². The van der Waals surface area contributed by atoms with Crippen molar-refractivity contribution in [3.8, 4) is 0 Å². The van der Waals surface area contributed by atoms with E-state index in [1.165, 1.54) is 0 Å². The van der Waals surface area contributed by atoms with Crippen LogP contribution < -0.4 is 17.2 Å². The van der Waals surface area contributed by atoms with Crippen LogP contribution in [0.15, 0.2) is 24.3 Å². The first-order chi connectivity index (χ1) is 8.90. The third-order valence-corrected chi connectivity index (χ3v) is 3.08. The summed E-state index contributed by atoms with van der Waals surface area (Å²) in [5, 5.41) is 7.68. The summed E-state index contributed by atoms with van der Waals surface area (Å²) in [4.78, 5) is 10.9. The van der Waals surface area contributed by atoms with Crippen LogP contribution in [0.25, 0.3) is 0 Å². The average molecular weight is 262 g/mol. The maximum absolute atomic E-state index is 10.9. The van der Waals surface area contributed by atoms with Crippen LogP contribution in [0.2, 0.25) is 0 Å². The summed E-state index contributed by atoms with van der Waals surface area (Å²) in [7, 11) is 0. The summed E-state index contributed by atoms with van der Waals surface area (Å²) >= 11 is 0. The molecule has 2 unspecified atom stereocenters. The third-order valence-electron chi connectivity index (χ3n) is 3.08. The molecule has 104 valence electrons. The predicted octanol–water partition coefficient (Wildman–Crippen LogP) is 0.341. The van der Waals surface area contributed by atoms with Crippen molar-refractivity contribution in [1.82, 2.24) is 0 Å². The molecule has 0 aromatic heterocycles. The lowest BCUT2D eigenvalue weighted by atomic mass is 10.0. The molecule has 19 heavy (non-hydrogen) atoms. The monoisotopic (exact) mass is 262 g/mol. The molecule has 0 saturated heterocycles. The zero-order valence-electron chi connectivity index (χ0n) is 11.2. The molecule has 0 bridgehead atoms.